The van der Waals surface area contributed by atoms with Crippen molar-refractivity contribution >= 4 is 23.6 Å². The molecule has 0 radical (unpaired) electrons. The lowest BCUT2D eigenvalue weighted by molar-refractivity contribution is -0.120. The fourth-order valence-electron chi connectivity index (χ4n) is 0.933. The summed E-state index contributed by atoms with van der Waals surface area (Å²) in [7, 11) is 0. The summed E-state index contributed by atoms with van der Waals surface area (Å²) in [5.74, 6) is -0.728. The van der Waals surface area contributed by atoms with E-state index in [0.29, 0.717) is 10.9 Å². The molecule has 1 heterocycles. The molecule has 0 unspecified atom stereocenters. The Balaban J connectivity index is 2.71. The molecule has 4 N–H and O–H groups in total. The number of aryl methyl sites for hydroxylation is 1. The molecule has 0 spiro atoms. The molecule has 7 nitrogen and oxygen atoms in total. The van der Waals surface area contributed by atoms with Gasteiger partial charge in [-0.25, -0.2) is 4.98 Å². The van der Waals surface area contributed by atoms with E-state index in [-0.39, 0.29) is 18.2 Å². The molecule has 1 aromatic heterocycles. The monoisotopic (exact) mass is 256 g/mol. The van der Waals surface area contributed by atoms with E-state index in [2.05, 4.69) is 9.97 Å². The summed E-state index contributed by atoms with van der Waals surface area (Å²) in [6.07, 6.45) is 0. The summed E-state index contributed by atoms with van der Waals surface area (Å²) in [6.45, 7) is 1.49. The van der Waals surface area contributed by atoms with Gasteiger partial charge in [0.15, 0.2) is 11.8 Å². The second-order valence-electron chi connectivity index (χ2n) is 3.14. The number of hydrogen-bond donors (Lipinski definition) is 2. The van der Waals surface area contributed by atoms with Crippen molar-refractivity contribution < 1.29 is 14.3 Å². The van der Waals surface area contributed by atoms with Gasteiger partial charge in [0.1, 0.15) is 0 Å². The molecule has 1 aromatic rings. The summed E-state index contributed by atoms with van der Waals surface area (Å²) in [6, 6.07) is 1.57. The van der Waals surface area contributed by atoms with E-state index < -0.39 is 11.8 Å². The molecule has 0 aliphatic carbocycles. The number of primary amides is 2. The topological polar surface area (TPSA) is 121 Å². The van der Waals surface area contributed by atoms with Crippen molar-refractivity contribution in [2.24, 2.45) is 11.5 Å². The van der Waals surface area contributed by atoms with E-state index in [1.54, 1.807) is 13.0 Å². The number of nitrogens with zero attached hydrogens (tertiary/aromatic N) is 2. The lowest BCUT2D eigenvalue weighted by Gasteiger charge is -2.05. The maximum Gasteiger partial charge on any atom is 0.255 e. The van der Waals surface area contributed by atoms with Crippen LogP contribution in [-0.2, 0) is 9.59 Å². The van der Waals surface area contributed by atoms with Crippen LogP contribution < -0.4 is 16.2 Å². The molecule has 2 amide bonds. The van der Waals surface area contributed by atoms with Gasteiger partial charge in [-0.2, -0.15) is 4.98 Å². The minimum Gasteiger partial charge on any atom is -0.467 e. The minimum absolute atomic E-state index is 0.0821. The first kappa shape index (κ1) is 13.2. The zero-order valence-corrected chi connectivity index (χ0v) is 9.99. The molecule has 0 aliphatic rings. The third kappa shape index (κ3) is 5.16. The standard InChI is InChI=1S/C9H12N4O3S/c1-5-2-8(16-3-6(10)14)13-9(12-5)17-4-7(11)15/h2H,3-4H2,1H3,(H2,10,14)(H2,11,15). The van der Waals surface area contributed by atoms with Crippen molar-refractivity contribution in [1.29, 1.82) is 0 Å². The second-order valence-corrected chi connectivity index (χ2v) is 4.08. The first-order chi connectivity index (χ1) is 7.97. The van der Waals surface area contributed by atoms with Crippen LogP contribution in [0.4, 0.5) is 0 Å². The maximum atomic E-state index is 10.6. The van der Waals surface area contributed by atoms with Crippen LogP contribution in [0.5, 0.6) is 5.88 Å². The Morgan fingerprint density at radius 2 is 2.06 bits per heavy atom. The molecule has 0 fully saturated rings. The highest BCUT2D eigenvalue weighted by Gasteiger charge is 2.06. The Labute approximate surface area is 102 Å². The summed E-state index contributed by atoms with van der Waals surface area (Å²) in [5, 5.41) is 0.364. The van der Waals surface area contributed by atoms with Crippen molar-refractivity contribution in [3.8, 4) is 5.88 Å². The lowest BCUT2D eigenvalue weighted by atomic mass is 10.4. The first-order valence-corrected chi connectivity index (χ1v) is 5.64. The summed E-state index contributed by atoms with van der Waals surface area (Å²) in [5.41, 5.74) is 10.6. The Kier molecular flexibility index (Phi) is 4.70. The Bertz CT molecular complexity index is 402. The number of nitrogens with two attached hydrogens (primary N) is 2. The van der Waals surface area contributed by atoms with E-state index in [4.69, 9.17) is 16.2 Å². The Hall–Kier alpha value is -1.83. The number of carbonyl (C=O) groups excluding carboxylic acids is 2. The van der Waals surface area contributed by atoms with E-state index >= 15 is 0 Å². The van der Waals surface area contributed by atoms with Gasteiger partial charge in [-0.05, 0) is 6.92 Å². The van der Waals surface area contributed by atoms with Gasteiger partial charge in [-0.15, -0.1) is 0 Å². The van der Waals surface area contributed by atoms with Gasteiger partial charge in [0.25, 0.3) is 5.91 Å². The summed E-state index contributed by atoms with van der Waals surface area (Å²) >= 11 is 1.10. The van der Waals surface area contributed by atoms with Crippen molar-refractivity contribution in [3.63, 3.8) is 0 Å². The predicted octanol–water partition coefficient (Wildman–Crippen LogP) is -0.773. The molecule has 0 bridgehead atoms. The third-order valence-corrected chi connectivity index (χ3v) is 2.39. The summed E-state index contributed by atoms with van der Waals surface area (Å²) < 4.78 is 5.04. The highest BCUT2D eigenvalue weighted by atomic mass is 32.2. The molecule has 0 aliphatic heterocycles. The lowest BCUT2D eigenvalue weighted by Crippen LogP contribution is -2.20. The van der Waals surface area contributed by atoms with E-state index in [9.17, 15) is 9.59 Å². The predicted molar refractivity (Wildman–Crippen MR) is 61.4 cm³/mol. The van der Waals surface area contributed by atoms with Crippen LogP contribution in [-0.4, -0.2) is 34.1 Å². The van der Waals surface area contributed by atoms with Crippen LogP contribution >= 0.6 is 11.8 Å². The minimum atomic E-state index is -0.590. The average Bonchev–Trinajstić information content (AvgIpc) is 2.23. The van der Waals surface area contributed by atoms with Gasteiger partial charge in [0, 0.05) is 11.8 Å². The van der Waals surface area contributed by atoms with Gasteiger partial charge < -0.3 is 16.2 Å². The van der Waals surface area contributed by atoms with Crippen molar-refractivity contribution in [2.45, 2.75) is 12.1 Å². The van der Waals surface area contributed by atoms with Crippen LogP contribution in [0.1, 0.15) is 5.69 Å². The highest BCUT2D eigenvalue weighted by Crippen LogP contribution is 2.17. The van der Waals surface area contributed by atoms with Crippen LogP contribution in [0.2, 0.25) is 0 Å². The SMILES string of the molecule is Cc1cc(OCC(N)=O)nc(SCC(N)=O)n1. The third-order valence-electron chi connectivity index (χ3n) is 1.52. The molecule has 0 saturated heterocycles. The molecule has 92 valence electrons. The van der Waals surface area contributed by atoms with Crippen LogP contribution in [0.15, 0.2) is 11.2 Å². The van der Waals surface area contributed by atoms with Gasteiger partial charge >= 0.3 is 0 Å². The molecule has 17 heavy (non-hydrogen) atoms. The number of amides is 2. The Morgan fingerprint density at radius 3 is 2.65 bits per heavy atom. The smallest absolute Gasteiger partial charge is 0.255 e. The van der Waals surface area contributed by atoms with Crippen LogP contribution in [0, 0.1) is 6.92 Å². The van der Waals surface area contributed by atoms with Crippen molar-refractivity contribution in [2.75, 3.05) is 12.4 Å². The van der Waals surface area contributed by atoms with Gasteiger partial charge in [-0.1, -0.05) is 11.8 Å². The van der Waals surface area contributed by atoms with E-state index in [0.717, 1.165) is 11.8 Å². The molecule has 8 heteroatoms. The zero-order valence-electron chi connectivity index (χ0n) is 9.17. The second kappa shape index (κ2) is 6.04. The number of hydrogen-bond acceptors (Lipinski definition) is 6. The molecule has 0 atom stereocenters. The number of thioether (sulfide) groups is 1. The molecular weight excluding hydrogens is 244 g/mol. The quantitative estimate of drug-likeness (QED) is 0.509. The fourth-order valence-corrected chi connectivity index (χ4v) is 1.57. The van der Waals surface area contributed by atoms with E-state index in [1.807, 2.05) is 0 Å². The number of rotatable bonds is 6. The van der Waals surface area contributed by atoms with Gasteiger partial charge in [-0.3, -0.25) is 9.59 Å². The van der Waals surface area contributed by atoms with Crippen LogP contribution in [0.25, 0.3) is 0 Å². The van der Waals surface area contributed by atoms with Crippen LogP contribution in [0.3, 0.4) is 0 Å². The average molecular weight is 256 g/mol. The molecular formula is C9H12N4O3S. The van der Waals surface area contributed by atoms with Gasteiger partial charge in [0.2, 0.25) is 11.8 Å². The molecule has 1 rings (SSSR count). The number of carbonyl (C=O) groups is 2. The number of ether oxygens (including phenoxy) is 1. The normalized spacial score (nSPS) is 9.94. The zero-order chi connectivity index (χ0) is 12.8. The maximum absolute atomic E-state index is 10.6. The number of aromatic nitrogens is 2. The van der Waals surface area contributed by atoms with Crippen molar-refractivity contribution in [3.05, 3.63) is 11.8 Å². The summed E-state index contributed by atoms with van der Waals surface area (Å²) in [4.78, 5) is 29.2. The highest BCUT2D eigenvalue weighted by molar-refractivity contribution is 7.99. The van der Waals surface area contributed by atoms with Gasteiger partial charge in [0.05, 0.1) is 5.75 Å². The molecule has 0 saturated carbocycles. The largest absolute Gasteiger partial charge is 0.467 e. The molecule has 0 aromatic carbocycles. The first-order valence-electron chi connectivity index (χ1n) is 4.65. The fraction of sp³-hybridized carbons (Fsp3) is 0.333. The van der Waals surface area contributed by atoms with Crippen molar-refractivity contribution in [1.82, 2.24) is 9.97 Å². The van der Waals surface area contributed by atoms with E-state index in [1.165, 1.54) is 0 Å². The Morgan fingerprint density at radius 1 is 1.35 bits per heavy atom.